The van der Waals surface area contributed by atoms with Gasteiger partial charge in [-0.1, -0.05) is 31.2 Å². The summed E-state index contributed by atoms with van der Waals surface area (Å²) in [5.41, 5.74) is 3.75. The van der Waals surface area contributed by atoms with Crippen LogP contribution in [0.3, 0.4) is 0 Å². The predicted molar refractivity (Wildman–Crippen MR) is 93.1 cm³/mol. The van der Waals surface area contributed by atoms with Crippen molar-refractivity contribution in [1.29, 1.82) is 0 Å². The van der Waals surface area contributed by atoms with Gasteiger partial charge in [-0.15, -0.1) is 0 Å². The number of benzene rings is 1. The zero-order valence-corrected chi connectivity index (χ0v) is 14.0. The number of anilines is 2. The van der Waals surface area contributed by atoms with Crippen LogP contribution in [0.2, 0.25) is 0 Å². The maximum absolute atomic E-state index is 11.8. The second kappa shape index (κ2) is 6.58. The van der Waals surface area contributed by atoms with Crippen LogP contribution in [0.15, 0.2) is 42.6 Å². The van der Waals surface area contributed by atoms with Gasteiger partial charge in [0.1, 0.15) is 5.82 Å². The Morgan fingerprint density at radius 2 is 1.96 bits per heavy atom. The fourth-order valence-corrected chi connectivity index (χ4v) is 3.91. The summed E-state index contributed by atoms with van der Waals surface area (Å²) in [6.45, 7) is 3.64. The van der Waals surface area contributed by atoms with Crippen LogP contribution in [-0.4, -0.2) is 25.7 Å². The van der Waals surface area contributed by atoms with Crippen LogP contribution in [0.1, 0.15) is 24.5 Å². The van der Waals surface area contributed by atoms with Crippen molar-refractivity contribution in [3.05, 3.63) is 53.7 Å². The van der Waals surface area contributed by atoms with E-state index in [-0.39, 0.29) is 5.75 Å². The molecule has 0 bridgehead atoms. The highest BCUT2D eigenvalue weighted by Gasteiger charge is 2.16. The SMILES string of the molecule is CCCS(=O)(=O)Nc1ccc(N2CCc3ccccc3C2)cn1. The van der Waals surface area contributed by atoms with E-state index in [1.807, 2.05) is 13.0 Å². The smallest absolute Gasteiger partial charge is 0.233 e. The largest absolute Gasteiger partial charge is 0.366 e. The summed E-state index contributed by atoms with van der Waals surface area (Å²) in [5.74, 6) is 0.485. The summed E-state index contributed by atoms with van der Waals surface area (Å²) >= 11 is 0. The monoisotopic (exact) mass is 331 g/mol. The lowest BCUT2D eigenvalue weighted by atomic mass is 10.00. The van der Waals surface area contributed by atoms with E-state index in [1.54, 1.807) is 12.3 Å². The van der Waals surface area contributed by atoms with Crippen LogP contribution in [0.25, 0.3) is 0 Å². The topological polar surface area (TPSA) is 62.3 Å². The number of sulfonamides is 1. The number of rotatable bonds is 5. The van der Waals surface area contributed by atoms with Gasteiger partial charge >= 0.3 is 0 Å². The molecule has 0 aliphatic carbocycles. The van der Waals surface area contributed by atoms with Crippen LogP contribution in [-0.2, 0) is 23.0 Å². The van der Waals surface area contributed by atoms with Gasteiger partial charge in [-0.3, -0.25) is 4.72 Å². The number of nitrogens with zero attached hydrogens (tertiary/aromatic N) is 2. The molecule has 1 aliphatic rings. The number of fused-ring (bicyclic) bond motifs is 1. The maximum atomic E-state index is 11.8. The molecular formula is C17H21N3O2S. The Balaban J connectivity index is 1.71. The third-order valence-electron chi connectivity index (χ3n) is 3.98. The summed E-state index contributed by atoms with van der Waals surface area (Å²) in [5, 5.41) is 0. The number of aromatic nitrogens is 1. The van der Waals surface area contributed by atoms with Gasteiger partial charge < -0.3 is 4.90 Å². The fraction of sp³-hybridized carbons (Fsp3) is 0.353. The lowest BCUT2D eigenvalue weighted by molar-refractivity contribution is 0.599. The normalized spacial score (nSPS) is 14.4. The molecule has 0 radical (unpaired) electrons. The van der Waals surface area contributed by atoms with E-state index in [9.17, 15) is 8.42 Å². The highest BCUT2D eigenvalue weighted by Crippen LogP contribution is 2.24. The van der Waals surface area contributed by atoms with Crippen LogP contribution >= 0.6 is 0 Å². The summed E-state index contributed by atoms with van der Waals surface area (Å²) in [7, 11) is -3.29. The lowest BCUT2D eigenvalue weighted by Crippen LogP contribution is -2.30. The first kappa shape index (κ1) is 15.8. The summed E-state index contributed by atoms with van der Waals surface area (Å²) in [4.78, 5) is 6.51. The van der Waals surface area contributed by atoms with Crippen molar-refractivity contribution in [2.24, 2.45) is 0 Å². The third kappa shape index (κ3) is 3.82. The average molecular weight is 331 g/mol. The van der Waals surface area contributed by atoms with E-state index in [4.69, 9.17) is 0 Å². The van der Waals surface area contributed by atoms with Crippen LogP contribution in [0, 0.1) is 0 Å². The molecule has 0 saturated carbocycles. The standard InChI is InChI=1S/C17H21N3O2S/c1-2-11-23(21,22)19-17-8-7-16(12-18-17)20-10-9-14-5-3-4-6-15(14)13-20/h3-8,12H,2,9-11,13H2,1H3,(H,18,19). The van der Waals surface area contributed by atoms with Gasteiger partial charge in [0.2, 0.25) is 10.0 Å². The highest BCUT2D eigenvalue weighted by molar-refractivity contribution is 7.92. The average Bonchev–Trinajstić information content (AvgIpc) is 2.54. The van der Waals surface area contributed by atoms with Gasteiger partial charge in [-0.05, 0) is 36.1 Å². The molecule has 0 atom stereocenters. The molecule has 0 spiro atoms. The summed E-state index contributed by atoms with van der Waals surface area (Å²) in [6.07, 6.45) is 3.33. The first-order valence-electron chi connectivity index (χ1n) is 7.85. The molecule has 3 rings (SSSR count). The fourth-order valence-electron chi connectivity index (χ4n) is 2.83. The Kier molecular flexibility index (Phi) is 4.52. The lowest BCUT2D eigenvalue weighted by Gasteiger charge is -2.30. The Labute approximate surface area is 137 Å². The molecular weight excluding hydrogens is 310 g/mol. The number of pyridine rings is 1. The Bertz CT molecular complexity index is 773. The molecule has 0 amide bonds. The minimum atomic E-state index is -3.29. The second-order valence-corrected chi connectivity index (χ2v) is 7.60. The van der Waals surface area contributed by atoms with Gasteiger partial charge in [0.25, 0.3) is 0 Å². The molecule has 122 valence electrons. The zero-order chi connectivity index (χ0) is 16.3. The van der Waals surface area contributed by atoms with Gasteiger partial charge in [-0.2, -0.15) is 0 Å². The molecule has 0 fully saturated rings. The van der Waals surface area contributed by atoms with E-state index in [2.05, 4.69) is 38.9 Å². The van der Waals surface area contributed by atoms with Crippen molar-refractivity contribution in [3.8, 4) is 0 Å². The van der Waals surface area contributed by atoms with Crippen molar-refractivity contribution in [3.63, 3.8) is 0 Å². The highest BCUT2D eigenvalue weighted by atomic mass is 32.2. The Morgan fingerprint density at radius 3 is 2.65 bits per heavy atom. The molecule has 0 unspecified atom stereocenters. The van der Waals surface area contributed by atoms with Gasteiger partial charge in [0, 0.05) is 13.1 Å². The molecule has 2 heterocycles. The van der Waals surface area contributed by atoms with Crippen molar-refractivity contribution < 1.29 is 8.42 Å². The van der Waals surface area contributed by atoms with E-state index in [0.29, 0.717) is 12.2 Å². The van der Waals surface area contributed by atoms with Crippen LogP contribution in [0.4, 0.5) is 11.5 Å². The number of hydrogen-bond donors (Lipinski definition) is 1. The predicted octanol–water partition coefficient (Wildman–Crippen LogP) is 2.80. The van der Waals surface area contributed by atoms with E-state index >= 15 is 0 Å². The molecule has 5 nitrogen and oxygen atoms in total. The van der Waals surface area contributed by atoms with Crippen molar-refractivity contribution >= 4 is 21.5 Å². The minimum Gasteiger partial charge on any atom is -0.366 e. The first-order valence-corrected chi connectivity index (χ1v) is 9.51. The molecule has 6 heteroatoms. The Hall–Kier alpha value is -2.08. The van der Waals surface area contributed by atoms with Crippen LogP contribution in [0.5, 0.6) is 0 Å². The third-order valence-corrected chi connectivity index (χ3v) is 5.44. The van der Waals surface area contributed by atoms with Crippen molar-refractivity contribution in [1.82, 2.24) is 4.98 Å². The first-order chi connectivity index (χ1) is 11.1. The maximum Gasteiger partial charge on any atom is 0.233 e. The molecule has 0 saturated heterocycles. The second-order valence-electron chi connectivity index (χ2n) is 5.76. The van der Waals surface area contributed by atoms with Gasteiger partial charge in [-0.25, -0.2) is 13.4 Å². The van der Waals surface area contributed by atoms with E-state index in [0.717, 1.165) is 25.2 Å². The molecule has 2 aromatic rings. The van der Waals surface area contributed by atoms with Gasteiger partial charge in [0.15, 0.2) is 0 Å². The molecule has 1 aromatic carbocycles. The minimum absolute atomic E-state index is 0.110. The Morgan fingerprint density at radius 1 is 1.17 bits per heavy atom. The molecule has 23 heavy (non-hydrogen) atoms. The summed E-state index contributed by atoms with van der Waals surface area (Å²) < 4.78 is 26.0. The molecule has 1 aliphatic heterocycles. The van der Waals surface area contributed by atoms with Crippen molar-refractivity contribution in [2.45, 2.75) is 26.3 Å². The quantitative estimate of drug-likeness (QED) is 0.915. The zero-order valence-electron chi connectivity index (χ0n) is 13.2. The number of hydrogen-bond acceptors (Lipinski definition) is 4. The molecule has 1 aromatic heterocycles. The summed E-state index contributed by atoms with van der Waals surface area (Å²) in [6, 6.07) is 12.1. The number of nitrogens with one attached hydrogen (secondary N) is 1. The van der Waals surface area contributed by atoms with E-state index < -0.39 is 10.0 Å². The molecule has 1 N–H and O–H groups in total. The van der Waals surface area contributed by atoms with Gasteiger partial charge in [0.05, 0.1) is 17.6 Å². The van der Waals surface area contributed by atoms with Crippen molar-refractivity contribution in [2.75, 3.05) is 21.9 Å². The van der Waals surface area contributed by atoms with Crippen LogP contribution < -0.4 is 9.62 Å². The van der Waals surface area contributed by atoms with E-state index in [1.165, 1.54) is 11.1 Å².